The Morgan fingerprint density at radius 3 is 2.63 bits per heavy atom. The SMILES string of the molecule is CC(=O)Nc1cc(Oc2ccc3c(c2)nc(Nc2cccc(C4CCN(C)CC4)c2)n3C)ccn1. The normalized spacial score (nSPS) is 14.7. The number of carbonyl (C=O) groups excluding carboxylic acids is 1. The number of hydrogen-bond acceptors (Lipinski definition) is 6. The maximum absolute atomic E-state index is 11.3. The van der Waals surface area contributed by atoms with Crippen LogP contribution < -0.4 is 15.4 Å². The van der Waals surface area contributed by atoms with Crippen molar-refractivity contribution in [3.63, 3.8) is 0 Å². The van der Waals surface area contributed by atoms with E-state index in [-0.39, 0.29) is 5.91 Å². The van der Waals surface area contributed by atoms with E-state index < -0.39 is 0 Å². The first-order valence-electron chi connectivity index (χ1n) is 11.9. The van der Waals surface area contributed by atoms with E-state index in [0.29, 0.717) is 23.2 Å². The maximum Gasteiger partial charge on any atom is 0.222 e. The van der Waals surface area contributed by atoms with Crippen LogP contribution in [-0.4, -0.2) is 45.5 Å². The van der Waals surface area contributed by atoms with Crippen molar-refractivity contribution in [2.75, 3.05) is 30.8 Å². The summed E-state index contributed by atoms with van der Waals surface area (Å²) in [5, 5.41) is 6.16. The van der Waals surface area contributed by atoms with Crippen molar-refractivity contribution in [3.8, 4) is 11.5 Å². The van der Waals surface area contributed by atoms with Crippen molar-refractivity contribution in [2.45, 2.75) is 25.7 Å². The third-order valence-corrected chi connectivity index (χ3v) is 6.46. The number of ether oxygens (including phenoxy) is 1. The van der Waals surface area contributed by atoms with Gasteiger partial charge in [0.15, 0.2) is 0 Å². The molecule has 0 unspecified atom stereocenters. The number of likely N-dealkylation sites (tertiary alicyclic amines) is 1. The average Bonchev–Trinajstić information content (AvgIpc) is 3.14. The number of nitrogens with zero attached hydrogens (tertiary/aromatic N) is 4. The Kier molecular flexibility index (Phi) is 6.37. The van der Waals surface area contributed by atoms with Crippen LogP contribution in [0.2, 0.25) is 0 Å². The first-order valence-corrected chi connectivity index (χ1v) is 11.9. The molecule has 1 saturated heterocycles. The van der Waals surface area contributed by atoms with E-state index in [1.165, 1.54) is 25.3 Å². The molecule has 0 saturated carbocycles. The summed E-state index contributed by atoms with van der Waals surface area (Å²) in [7, 11) is 4.19. The predicted octanol–water partition coefficient (Wildman–Crippen LogP) is 5.27. The van der Waals surface area contributed by atoms with Crippen LogP contribution in [0.1, 0.15) is 31.2 Å². The van der Waals surface area contributed by atoms with E-state index in [2.05, 4.69) is 51.8 Å². The smallest absolute Gasteiger partial charge is 0.222 e. The first-order chi connectivity index (χ1) is 16.9. The number of carbonyl (C=O) groups is 1. The molecule has 1 fully saturated rings. The highest BCUT2D eigenvalue weighted by atomic mass is 16.5. The highest BCUT2D eigenvalue weighted by Gasteiger charge is 2.19. The summed E-state index contributed by atoms with van der Waals surface area (Å²) < 4.78 is 8.05. The summed E-state index contributed by atoms with van der Waals surface area (Å²) in [4.78, 5) is 22.6. The van der Waals surface area contributed by atoms with Crippen molar-refractivity contribution >= 4 is 34.4 Å². The van der Waals surface area contributed by atoms with E-state index in [4.69, 9.17) is 9.72 Å². The van der Waals surface area contributed by atoms with Gasteiger partial charge in [0, 0.05) is 38.0 Å². The van der Waals surface area contributed by atoms with Gasteiger partial charge in [-0.15, -0.1) is 0 Å². The van der Waals surface area contributed by atoms with Gasteiger partial charge in [-0.1, -0.05) is 12.1 Å². The van der Waals surface area contributed by atoms with Crippen LogP contribution >= 0.6 is 0 Å². The van der Waals surface area contributed by atoms with E-state index in [0.717, 1.165) is 35.8 Å². The molecule has 1 aliphatic heterocycles. The third kappa shape index (κ3) is 5.27. The molecule has 2 aromatic heterocycles. The summed E-state index contributed by atoms with van der Waals surface area (Å²) in [5.41, 5.74) is 4.25. The molecule has 3 heterocycles. The van der Waals surface area contributed by atoms with Crippen molar-refractivity contribution in [1.29, 1.82) is 0 Å². The fourth-order valence-electron chi connectivity index (χ4n) is 4.56. The van der Waals surface area contributed by atoms with E-state index in [9.17, 15) is 4.79 Å². The number of rotatable bonds is 6. The number of imidazole rings is 1. The highest BCUT2D eigenvalue weighted by molar-refractivity contribution is 5.87. The fraction of sp³-hybridized carbons (Fsp3) is 0.296. The molecule has 180 valence electrons. The molecule has 35 heavy (non-hydrogen) atoms. The Bertz CT molecular complexity index is 1360. The molecule has 8 heteroatoms. The molecule has 4 aromatic rings. The van der Waals surface area contributed by atoms with Gasteiger partial charge in [0.05, 0.1) is 11.0 Å². The van der Waals surface area contributed by atoms with Crippen LogP contribution in [0.5, 0.6) is 11.5 Å². The summed E-state index contributed by atoms with van der Waals surface area (Å²) >= 11 is 0. The van der Waals surface area contributed by atoms with Crippen molar-refractivity contribution < 1.29 is 9.53 Å². The third-order valence-electron chi connectivity index (χ3n) is 6.46. The molecule has 0 radical (unpaired) electrons. The van der Waals surface area contributed by atoms with Crippen LogP contribution in [0.4, 0.5) is 17.5 Å². The molecule has 5 rings (SSSR count). The number of aromatic nitrogens is 3. The van der Waals surface area contributed by atoms with Gasteiger partial charge in [-0.25, -0.2) is 9.97 Å². The molecule has 0 spiro atoms. The largest absolute Gasteiger partial charge is 0.457 e. The summed E-state index contributed by atoms with van der Waals surface area (Å²) in [6.45, 7) is 3.73. The number of hydrogen-bond donors (Lipinski definition) is 2. The molecule has 2 N–H and O–H groups in total. The number of piperidine rings is 1. The van der Waals surface area contributed by atoms with Gasteiger partial charge in [-0.05, 0) is 74.8 Å². The van der Waals surface area contributed by atoms with Crippen LogP contribution in [0, 0.1) is 0 Å². The van der Waals surface area contributed by atoms with Gasteiger partial charge in [-0.3, -0.25) is 4.79 Å². The molecular formula is C27H30N6O2. The number of benzene rings is 2. The van der Waals surface area contributed by atoms with Gasteiger partial charge in [0.1, 0.15) is 17.3 Å². The molecule has 2 aromatic carbocycles. The number of aryl methyl sites for hydroxylation is 1. The minimum Gasteiger partial charge on any atom is -0.457 e. The zero-order chi connectivity index (χ0) is 24.4. The highest BCUT2D eigenvalue weighted by Crippen LogP contribution is 2.31. The molecule has 0 bridgehead atoms. The molecular weight excluding hydrogens is 440 g/mol. The van der Waals surface area contributed by atoms with Gasteiger partial charge < -0.3 is 24.8 Å². The number of fused-ring (bicyclic) bond motifs is 1. The molecule has 1 amide bonds. The standard InChI is InChI=1S/C27H30N6O2/c1-18(34)29-26-17-23(9-12-28-26)35-22-7-8-25-24(16-22)31-27(33(25)3)30-21-6-4-5-20(15-21)19-10-13-32(2)14-11-19/h4-9,12,15-17,19H,10-11,13-14H2,1-3H3,(H,30,31)(H,28,29,34). The fourth-order valence-corrected chi connectivity index (χ4v) is 4.56. The quantitative estimate of drug-likeness (QED) is 0.399. The van der Waals surface area contributed by atoms with Crippen LogP contribution in [0.3, 0.4) is 0 Å². The summed E-state index contributed by atoms with van der Waals surface area (Å²) in [5.74, 6) is 2.89. The van der Waals surface area contributed by atoms with Crippen molar-refractivity contribution in [3.05, 3.63) is 66.4 Å². The second kappa shape index (κ2) is 9.76. The molecule has 0 atom stereocenters. The summed E-state index contributed by atoms with van der Waals surface area (Å²) in [6.07, 6.45) is 3.99. The number of pyridine rings is 1. The Morgan fingerprint density at radius 1 is 1.03 bits per heavy atom. The van der Waals surface area contributed by atoms with Crippen LogP contribution in [-0.2, 0) is 11.8 Å². The Labute approximate surface area is 204 Å². The van der Waals surface area contributed by atoms with Crippen molar-refractivity contribution in [2.24, 2.45) is 7.05 Å². The molecule has 8 nitrogen and oxygen atoms in total. The minimum absolute atomic E-state index is 0.179. The van der Waals surface area contributed by atoms with Crippen LogP contribution in [0.25, 0.3) is 11.0 Å². The van der Waals surface area contributed by atoms with Crippen LogP contribution in [0.15, 0.2) is 60.8 Å². The molecule has 0 aliphatic carbocycles. The van der Waals surface area contributed by atoms with Gasteiger partial charge in [0.2, 0.25) is 11.9 Å². The van der Waals surface area contributed by atoms with Gasteiger partial charge in [-0.2, -0.15) is 0 Å². The van der Waals surface area contributed by atoms with Gasteiger partial charge in [0.25, 0.3) is 0 Å². The Morgan fingerprint density at radius 2 is 1.83 bits per heavy atom. The lowest BCUT2D eigenvalue weighted by Crippen LogP contribution is -2.29. The van der Waals surface area contributed by atoms with Gasteiger partial charge >= 0.3 is 0 Å². The molecule has 1 aliphatic rings. The zero-order valence-corrected chi connectivity index (χ0v) is 20.3. The topological polar surface area (TPSA) is 84.3 Å². The Balaban J connectivity index is 1.34. The second-order valence-corrected chi connectivity index (χ2v) is 9.13. The number of nitrogens with one attached hydrogen (secondary N) is 2. The number of amides is 1. The minimum atomic E-state index is -0.179. The summed E-state index contributed by atoms with van der Waals surface area (Å²) in [6, 6.07) is 17.9. The van der Waals surface area contributed by atoms with E-state index >= 15 is 0 Å². The first kappa shape index (κ1) is 22.9. The van der Waals surface area contributed by atoms with E-state index in [1.54, 1.807) is 18.3 Å². The monoisotopic (exact) mass is 470 g/mol. The Hall–Kier alpha value is -3.91. The predicted molar refractivity (Wildman–Crippen MR) is 139 cm³/mol. The number of anilines is 3. The lowest BCUT2D eigenvalue weighted by molar-refractivity contribution is -0.114. The second-order valence-electron chi connectivity index (χ2n) is 9.13. The average molecular weight is 471 g/mol. The lowest BCUT2D eigenvalue weighted by Gasteiger charge is -2.29. The zero-order valence-electron chi connectivity index (χ0n) is 20.3. The van der Waals surface area contributed by atoms with Crippen molar-refractivity contribution in [1.82, 2.24) is 19.4 Å². The van der Waals surface area contributed by atoms with E-state index in [1.807, 2.05) is 29.8 Å². The maximum atomic E-state index is 11.3. The lowest BCUT2D eigenvalue weighted by atomic mass is 9.89.